The molecular formula is C31H30Cl2N2O3. The van der Waals surface area contributed by atoms with Crippen molar-refractivity contribution in [3.8, 4) is 0 Å². The van der Waals surface area contributed by atoms with Gasteiger partial charge in [-0.3, -0.25) is 14.6 Å². The second-order valence-corrected chi connectivity index (χ2v) is 11.4. The molecule has 4 atom stereocenters. The lowest BCUT2D eigenvalue weighted by molar-refractivity contribution is -0.161. The summed E-state index contributed by atoms with van der Waals surface area (Å²) in [4.78, 5) is 33.3. The first-order valence-corrected chi connectivity index (χ1v) is 13.7. The topological polar surface area (TPSA) is 70.5 Å². The van der Waals surface area contributed by atoms with Crippen LogP contribution in [0.5, 0.6) is 0 Å². The highest BCUT2D eigenvalue weighted by atomic mass is 35.5. The fourth-order valence-electron chi connectivity index (χ4n) is 5.86. The molecule has 1 aliphatic heterocycles. The number of rotatable bonds is 8. The summed E-state index contributed by atoms with van der Waals surface area (Å²) in [7, 11) is 0. The molecule has 5 nitrogen and oxygen atoms in total. The van der Waals surface area contributed by atoms with E-state index in [2.05, 4.69) is 12.2 Å². The average Bonchev–Trinajstić information content (AvgIpc) is 3.73. The number of piperidine rings is 1. The van der Waals surface area contributed by atoms with Crippen LogP contribution < -0.4 is 0 Å². The highest BCUT2D eigenvalue weighted by Crippen LogP contribution is 2.54. The zero-order chi connectivity index (χ0) is 27.0. The Kier molecular flexibility index (Phi) is 7.34. The summed E-state index contributed by atoms with van der Waals surface area (Å²) in [5.41, 5.74) is 2.54. The molecule has 0 spiro atoms. The van der Waals surface area contributed by atoms with E-state index in [0.717, 1.165) is 22.5 Å². The second kappa shape index (κ2) is 10.5. The van der Waals surface area contributed by atoms with Crippen molar-refractivity contribution in [2.45, 2.75) is 57.0 Å². The van der Waals surface area contributed by atoms with E-state index >= 15 is 0 Å². The average molecular weight is 549 g/mol. The Bertz CT molecular complexity index is 1380. The Morgan fingerprint density at radius 1 is 1.05 bits per heavy atom. The number of nitrogens with zero attached hydrogens (tertiary/aromatic N) is 2. The largest absolute Gasteiger partial charge is 0.481 e. The van der Waals surface area contributed by atoms with Crippen molar-refractivity contribution in [2.24, 2.45) is 5.41 Å². The quantitative estimate of drug-likeness (QED) is 0.292. The number of carboxylic acid groups (broad SMARTS) is 1. The van der Waals surface area contributed by atoms with E-state index in [9.17, 15) is 14.7 Å². The van der Waals surface area contributed by atoms with E-state index in [-0.39, 0.29) is 36.2 Å². The minimum Gasteiger partial charge on any atom is -0.481 e. The number of hydrogen-bond donors (Lipinski definition) is 1. The molecule has 1 aliphatic carbocycles. The van der Waals surface area contributed by atoms with Crippen molar-refractivity contribution >= 4 is 35.1 Å². The van der Waals surface area contributed by atoms with Gasteiger partial charge < -0.3 is 10.0 Å². The Morgan fingerprint density at radius 3 is 2.39 bits per heavy atom. The van der Waals surface area contributed by atoms with E-state index in [4.69, 9.17) is 28.2 Å². The van der Waals surface area contributed by atoms with Crippen molar-refractivity contribution in [2.75, 3.05) is 0 Å². The number of hydrogen-bond acceptors (Lipinski definition) is 3. The molecule has 1 saturated heterocycles. The number of carbonyl (C=O) groups excluding carboxylic acids is 1. The van der Waals surface area contributed by atoms with Crippen molar-refractivity contribution in [1.82, 2.24) is 9.88 Å². The van der Waals surface area contributed by atoms with Crippen LogP contribution in [0, 0.1) is 5.41 Å². The van der Waals surface area contributed by atoms with E-state index < -0.39 is 11.4 Å². The van der Waals surface area contributed by atoms with Crippen LogP contribution >= 0.6 is 23.2 Å². The molecule has 3 aromatic rings. The molecule has 0 saturated carbocycles. The van der Waals surface area contributed by atoms with E-state index in [1.54, 1.807) is 6.92 Å². The summed E-state index contributed by atoms with van der Waals surface area (Å²) >= 11 is 12.7. The molecular weight excluding hydrogens is 519 g/mol. The minimum atomic E-state index is -1.11. The third-order valence-corrected chi connectivity index (χ3v) is 8.20. The molecule has 2 heterocycles. The summed E-state index contributed by atoms with van der Waals surface area (Å²) < 4.78 is 0. The number of carbonyl (C=O) groups is 2. The SMILES string of the molecule is CC[C@@H](c1cccc(C2C=C2)n1)N1C(=O)[C@@](C)(CC(=O)O)C[C@H](c2cccc(Cl)c2)[C@H]1c1ccc(Cl)cc1. The molecule has 2 aliphatic rings. The summed E-state index contributed by atoms with van der Waals surface area (Å²) in [6.45, 7) is 3.81. The zero-order valence-electron chi connectivity index (χ0n) is 21.4. The van der Waals surface area contributed by atoms with Gasteiger partial charge in [-0.15, -0.1) is 0 Å². The van der Waals surface area contributed by atoms with Crippen LogP contribution in [0.1, 0.15) is 79.5 Å². The third kappa shape index (κ3) is 5.23. The lowest BCUT2D eigenvalue weighted by Crippen LogP contribution is -2.53. The molecule has 196 valence electrons. The second-order valence-electron chi connectivity index (χ2n) is 10.5. The van der Waals surface area contributed by atoms with Gasteiger partial charge in [-0.2, -0.15) is 0 Å². The van der Waals surface area contributed by atoms with Gasteiger partial charge >= 0.3 is 5.97 Å². The molecule has 38 heavy (non-hydrogen) atoms. The van der Waals surface area contributed by atoms with Gasteiger partial charge in [0.15, 0.2) is 0 Å². The molecule has 5 rings (SSSR count). The third-order valence-electron chi connectivity index (χ3n) is 7.71. The number of allylic oxidation sites excluding steroid dienone is 2. The Balaban J connectivity index is 1.70. The molecule has 7 heteroatoms. The van der Waals surface area contributed by atoms with E-state index in [0.29, 0.717) is 22.9 Å². The van der Waals surface area contributed by atoms with Crippen molar-refractivity contribution in [3.05, 3.63) is 111 Å². The van der Waals surface area contributed by atoms with Crippen molar-refractivity contribution < 1.29 is 14.7 Å². The van der Waals surface area contributed by atoms with Gasteiger partial charge in [-0.1, -0.05) is 79.5 Å². The maximum atomic E-state index is 14.5. The zero-order valence-corrected chi connectivity index (χ0v) is 22.9. The van der Waals surface area contributed by atoms with Crippen LogP contribution in [-0.2, 0) is 9.59 Å². The van der Waals surface area contributed by atoms with Crippen molar-refractivity contribution in [3.63, 3.8) is 0 Å². The fraction of sp³-hybridized carbons (Fsp3) is 0.323. The van der Waals surface area contributed by atoms with Crippen LogP contribution in [0.25, 0.3) is 0 Å². The summed E-state index contributed by atoms with van der Waals surface area (Å²) in [6, 6.07) is 20.4. The number of halogens is 2. The number of pyridine rings is 1. The van der Waals surface area contributed by atoms with Crippen LogP contribution in [0.2, 0.25) is 10.0 Å². The van der Waals surface area contributed by atoms with Gasteiger partial charge in [-0.05, 0) is 60.4 Å². The number of amides is 1. The predicted molar refractivity (Wildman–Crippen MR) is 149 cm³/mol. The van der Waals surface area contributed by atoms with E-state index in [1.807, 2.05) is 78.6 Å². The number of aliphatic carboxylic acids is 1. The Labute approximate surface area is 233 Å². The Hall–Kier alpha value is -3.15. The van der Waals surface area contributed by atoms with Gasteiger partial charge in [0, 0.05) is 21.9 Å². The first-order valence-electron chi connectivity index (χ1n) is 12.9. The van der Waals surface area contributed by atoms with Crippen molar-refractivity contribution in [1.29, 1.82) is 0 Å². The highest BCUT2D eigenvalue weighted by molar-refractivity contribution is 6.30. The molecule has 1 N–H and O–H groups in total. The minimum absolute atomic E-state index is 0.179. The van der Waals surface area contributed by atoms with Gasteiger partial charge in [-0.25, -0.2) is 0 Å². The Morgan fingerprint density at radius 2 is 1.76 bits per heavy atom. The molecule has 2 aromatic carbocycles. The van der Waals surface area contributed by atoms with Crippen LogP contribution in [0.3, 0.4) is 0 Å². The van der Waals surface area contributed by atoms with E-state index in [1.165, 1.54) is 0 Å². The summed E-state index contributed by atoms with van der Waals surface area (Å²) in [5, 5.41) is 11.0. The first kappa shape index (κ1) is 26.5. The molecule has 1 amide bonds. The van der Waals surface area contributed by atoms with Crippen LogP contribution in [0.15, 0.2) is 78.9 Å². The predicted octanol–water partition coefficient (Wildman–Crippen LogP) is 7.73. The maximum Gasteiger partial charge on any atom is 0.304 e. The van der Waals surface area contributed by atoms with Gasteiger partial charge in [0.2, 0.25) is 5.91 Å². The monoisotopic (exact) mass is 548 g/mol. The lowest BCUT2D eigenvalue weighted by atomic mass is 9.67. The number of aromatic nitrogens is 1. The lowest BCUT2D eigenvalue weighted by Gasteiger charge is -2.51. The number of carboxylic acids is 1. The maximum absolute atomic E-state index is 14.5. The normalized spacial score (nSPS) is 23.9. The van der Waals surface area contributed by atoms with Crippen LogP contribution in [-0.4, -0.2) is 26.9 Å². The smallest absolute Gasteiger partial charge is 0.304 e. The van der Waals surface area contributed by atoms with Gasteiger partial charge in [0.05, 0.1) is 35.3 Å². The van der Waals surface area contributed by atoms with Gasteiger partial charge in [0.1, 0.15) is 0 Å². The molecule has 0 radical (unpaired) electrons. The highest BCUT2D eigenvalue weighted by Gasteiger charge is 2.52. The summed E-state index contributed by atoms with van der Waals surface area (Å²) in [6.07, 6.45) is 4.92. The summed E-state index contributed by atoms with van der Waals surface area (Å²) in [5.74, 6) is -1.14. The molecule has 1 aromatic heterocycles. The van der Waals surface area contributed by atoms with Crippen LogP contribution in [0.4, 0.5) is 0 Å². The molecule has 0 bridgehead atoms. The number of benzene rings is 2. The number of likely N-dealkylation sites (tertiary alicyclic amines) is 1. The first-order chi connectivity index (χ1) is 18.2. The fourth-order valence-corrected chi connectivity index (χ4v) is 6.19. The van der Waals surface area contributed by atoms with Gasteiger partial charge in [0.25, 0.3) is 0 Å². The molecule has 1 fully saturated rings. The standard InChI is InChI=1S/C31H30Cl2N2O3/c1-3-27(26-9-5-8-25(34-26)19-10-11-19)35-29(20-12-14-22(32)15-13-20)24(21-6-4-7-23(33)16-21)17-31(2,30(35)38)18-28(36)37/h4-16,19,24,27,29H,3,17-18H2,1-2H3,(H,36,37)/t24-,27+,29-,31-/m1/s1. The molecule has 0 unspecified atom stereocenters.